The fourth-order valence-electron chi connectivity index (χ4n) is 3.69. The number of anilines is 1. The molecule has 4 heterocycles. The Hall–Kier alpha value is -3.69. The van der Waals surface area contributed by atoms with E-state index in [9.17, 15) is 18.0 Å². The number of aromatic nitrogens is 5. The molecule has 0 unspecified atom stereocenters. The van der Waals surface area contributed by atoms with Crippen LogP contribution in [0.1, 0.15) is 40.5 Å². The minimum atomic E-state index is -4.80. The van der Waals surface area contributed by atoms with Crippen molar-refractivity contribution in [2.24, 2.45) is 7.05 Å². The Labute approximate surface area is 174 Å². The number of nitrogens with zero attached hydrogens (tertiary/aromatic N) is 5. The van der Waals surface area contributed by atoms with Crippen LogP contribution in [-0.4, -0.2) is 30.1 Å². The van der Waals surface area contributed by atoms with Crippen molar-refractivity contribution in [3.8, 4) is 11.4 Å². The van der Waals surface area contributed by atoms with Gasteiger partial charge >= 0.3 is 6.18 Å². The van der Waals surface area contributed by atoms with Gasteiger partial charge in [0.1, 0.15) is 22.6 Å². The second kappa shape index (κ2) is 6.93. The Balaban J connectivity index is 1.60. The number of nitrogens with one attached hydrogen (secondary N) is 1. The van der Waals surface area contributed by atoms with E-state index in [0.717, 1.165) is 23.2 Å². The summed E-state index contributed by atoms with van der Waals surface area (Å²) in [6.07, 6.45) is 1.83. The zero-order chi connectivity index (χ0) is 21.8. The fraction of sp³-hybridized carbons (Fsp3) is 0.238. The van der Waals surface area contributed by atoms with Crippen LogP contribution in [0.2, 0.25) is 0 Å². The van der Waals surface area contributed by atoms with E-state index in [4.69, 9.17) is 0 Å². The van der Waals surface area contributed by atoms with Gasteiger partial charge in [0.25, 0.3) is 5.91 Å². The molecule has 1 amide bonds. The zero-order valence-electron chi connectivity index (χ0n) is 16.4. The van der Waals surface area contributed by atoms with Crippen molar-refractivity contribution in [2.45, 2.75) is 24.9 Å². The summed E-state index contributed by atoms with van der Waals surface area (Å²) in [5, 5.41) is 6.64. The van der Waals surface area contributed by atoms with Gasteiger partial charge in [-0.25, -0.2) is 4.98 Å². The summed E-state index contributed by atoms with van der Waals surface area (Å²) in [5.74, 6) is -0.541. The van der Waals surface area contributed by atoms with E-state index in [-0.39, 0.29) is 11.4 Å². The lowest BCUT2D eigenvalue weighted by molar-refractivity contribution is -0.137. The minimum Gasteiger partial charge on any atom is -0.321 e. The van der Waals surface area contributed by atoms with Crippen molar-refractivity contribution in [3.63, 3.8) is 0 Å². The van der Waals surface area contributed by atoms with Crippen molar-refractivity contribution in [1.82, 2.24) is 24.1 Å². The van der Waals surface area contributed by atoms with Crippen molar-refractivity contribution in [2.75, 3.05) is 5.32 Å². The normalized spacial score (nSPS) is 14.2. The zero-order valence-corrected chi connectivity index (χ0v) is 16.4. The van der Waals surface area contributed by atoms with E-state index >= 15 is 0 Å². The highest BCUT2D eigenvalue weighted by Crippen LogP contribution is 2.41. The molecule has 0 atom stereocenters. The Morgan fingerprint density at radius 2 is 1.97 bits per heavy atom. The van der Waals surface area contributed by atoms with Crippen molar-refractivity contribution < 1.29 is 18.0 Å². The molecule has 0 aliphatic heterocycles. The second-order valence-electron chi connectivity index (χ2n) is 7.46. The van der Waals surface area contributed by atoms with Gasteiger partial charge in [0.15, 0.2) is 0 Å². The molecular weight excluding hydrogens is 409 g/mol. The summed E-state index contributed by atoms with van der Waals surface area (Å²) in [5.41, 5.74) is -0.101. The summed E-state index contributed by atoms with van der Waals surface area (Å²) in [7, 11) is 1.32. The number of pyridine rings is 2. The topological polar surface area (TPSA) is 77.1 Å². The minimum absolute atomic E-state index is 0.192. The third-order valence-corrected chi connectivity index (χ3v) is 5.25. The Morgan fingerprint density at radius 3 is 2.71 bits per heavy atom. The van der Waals surface area contributed by atoms with Crippen LogP contribution in [-0.2, 0) is 13.2 Å². The predicted octanol–water partition coefficient (Wildman–Crippen LogP) is 4.28. The van der Waals surface area contributed by atoms with E-state index in [1.54, 1.807) is 36.7 Å². The van der Waals surface area contributed by atoms with Gasteiger partial charge in [-0.15, -0.1) is 0 Å². The molecule has 10 heteroatoms. The molecule has 1 N–H and O–H groups in total. The Morgan fingerprint density at radius 1 is 1.16 bits per heavy atom. The summed E-state index contributed by atoms with van der Waals surface area (Å²) >= 11 is 0. The number of hydrogen-bond acceptors (Lipinski definition) is 4. The molecule has 0 saturated heterocycles. The predicted molar refractivity (Wildman–Crippen MR) is 107 cm³/mol. The van der Waals surface area contributed by atoms with E-state index < -0.39 is 23.3 Å². The van der Waals surface area contributed by atoms with Gasteiger partial charge in [-0.1, -0.05) is 6.07 Å². The van der Waals surface area contributed by atoms with Gasteiger partial charge in [0.2, 0.25) is 0 Å². The number of amides is 1. The largest absolute Gasteiger partial charge is 0.420 e. The van der Waals surface area contributed by atoms with Gasteiger partial charge in [0.05, 0.1) is 5.69 Å². The molecule has 1 fully saturated rings. The molecule has 7 nitrogen and oxygen atoms in total. The second-order valence-corrected chi connectivity index (χ2v) is 7.46. The third kappa shape index (κ3) is 3.43. The van der Waals surface area contributed by atoms with Crippen LogP contribution in [0, 0.1) is 0 Å². The van der Waals surface area contributed by atoms with E-state index in [1.165, 1.54) is 23.7 Å². The molecule has 0 aromatic carbocycles. The van der Waals surface area contributed by atoms with E-state index in [0.29, 0.717) is 17.3 Å². The van der Waals surface area contributed by atoms with Crippen LogP contribution in [0.25, 0.3) is 17.0 Å². The quantitative estimate of drug-likeness (QED) is 0.529. The first-order valence-corrected chi connectivity index (χ1v) is 9.67. The van der Waals surface area contributed by atoms with Crippen molar-refractivity contribution in [3.05, 3.63) is 65.9 Å². The molecule has 1 aliphatic carbocycles. The van der Waals surface area contributed by atoms with Crippen molar-refractivity contribution >= 4 is 17.2 Å². The first kappa shape index (κ1) is 19.3. The van der Waals surface area contributed by atoms with Crippen LogP contribution in [0.3, 0.4) is 0 Å². The lowest BCUT2D eigenvalue weighted by Gasteiger charge is -2.12. The maximum Gasteiger partial charge on any atom is 0.420 e. The molecule has 0 bridgehead atoms. The highest BCUT2D eigenvalue weighted by molar-refractivity contribution is 6.05. The van der Waals surface area contributed by atoms with Crippen molar-refractivity contribution in [1.29, 1.82) is 0 Å². The van der Waals surface area contributed by atoms with Gasteiger partial charge in [0, 0.05) is 42.9 Å². The van der Waals surface area contributed by atoms with E-state index in [1.807, 2.05) is 0 Å². The lowest BCUT2D eigenvalue weighted by atomic mass is 10.1. The molecule has 1 aliphatic rings. The van der Waals surface area contributed by atoms with E-state index in [2.05, 4.69) is 20.4 Å². The molecular formula is C21H17F3N6O. The maximum absolute atomic E-state index is 14.1. The molecule has 1 saturated carbocycles. The number of halogens is 3. The molecule has 5 rings (SSSR count). The molecule has 31 heavy (non-hydrogen) atoms. The molecule has 4 aromatic heterocycles. The Bertz CT molecular complexity index is 1300. The monoisotopic (exact) mass is 426 g/mol. The third-order valence-electron chi connectivity index (χ3n) is 5.25. The standard InChI is InChI=1S/C21H17F3N6O/c1-29-19(20(31)27-13-7-8-25-14(11-13)12-5-6-12)17(21(22,23)24)18(28-29)15-3-2-4-16-26-9-10-30(15)16/h2-4,7-12H,5-6H2,1H3,(H,25,27,31). The maximum atomic E-state index is 14.1. The number of carbonyl (C=O) groups excluding carboxylic acids is 1. The van der Waals surface area contributed by atoms with Crippen LogP contribution in [0.15, 0.2) is 48.9 Å². The summed E-state index contributed by atoms with van der Waals surface area (Å²) in [6.45, 7) is 0. The number of fused-ring (bicyclic) bond motifs is 1. The summed E-state index contributed by atoms with van der Waals surface area (Å²) in [6, 6.07) is 8.04. The highest BCUT2D eigenvalue weighted by atomic mass is 19.4. The van der Waals surface area contributed by atoms with Crippen LogP contribution >= 0.6 is 0 Å². The molecule has 4 aromatic rings. The first-order valence-electron chi connectivity index (χ1n) is 9.67. The number of hydrogen-bond donors (Lipinski definition) is 1. The molecule has 0 radical (unpaired) electrons. The number of imidazole rings is 1. The Kier molecular flexibility index (Phi) is 4.31. The molecule has 158 valence electrons. The number of carbonyl (C=O) groups is 1. The van der Waals surface area contributed by atoms with Crippen LogP contribution < -0.4 is 5.32 Å². The number of aryl methyl sites for hydroxylation is 1. The summed E-state index contributed by atoms with van der Waals surface area (Å²) in [4.78, 5) is 21.3. The van der Waals surface area contributed by atoms with Gasteiger partial charge in [-0.2, -0.15) is 18.3 Å². The van der Waals surface area contributed by atoms with Gasteiger partial charge in [-0.05, 0) is 37.1 Å². The van der Waals surface area contributed by atoms with Gasteiger partial charge in [-0.3, -0.25) is 18.9 Å². The number of alkyl halides is 3. The average molecular weight is 426 g/mol. The fourth-order valence-corrected chi connectivity index (χ4v) is 3.69. The van der Waals surface area contributed by atoms with Crippen LogP contribution in [0.5, 0.6) is 0 Å². The highest BCUT2D eigenvalue weighted by Gasteiger charge is 2.42. The smallest absolute Gasteiger partial charge is 0.321 e. The SMILES string of the molecule is Cn1nc(-c2cccc3nccn23)c(C(F)(F)F)c1C(=O)Nc1ccnc(C2CC2)c1. The summed E-state index contributed by atoms with van der Waals surface area (Å²) < 4.78 is 44.9. The van der Waals surface area contributed by atoms with Gasteiger partial charge < -0.3 is 5.32 Å². The average Bonchev–Trinajstić information content (AvgIpc) is 3.35. The molecule has 0 spiro atoms. The lowest BCUT2D eigenvalue weighted by Crippen LogP contribution is -2.21. The first-order chi connectivity index (χ1) is 14.8. The van der Waals surface area contributed by atoms with Crippen LogP contribution in [0.4, 0.5) is 18.9 Å². The number of rotatable bonds is 4.